The van der Waals surface area contributed by atoms with Crippen LogP contribution in [0.5, 0.6) is 0 Å². The summed E-state index contributed by atoms with van der Waals surface area (Å²) in [5.74, 6) is -3.69. The molecule has 236 valence electrons. The van der Waals surface area contributed by atoms with Crippen LogP contribution in [-0.4, -0.2) is 51.4 Å². The Morgan fingerprint density at radius 3 is 2.07 bits per heavy atom. The molecule has 0 unspecified atom stereocenters. The van der Waals surface area contributed by atoms with Crippen LogP contribution in [0.2, 0.25) is 0 Å². The molecule has 0 aromatic heterocycles. The van der Waals surface area contributed by atoms with E-state index in [1.165, 1.54) is 4.90 Å². The average molecular weight is 613 g/mol. The number of hydroxylamine groups is 1. The Bertz CT molecular complexity index is 1450. The number of amides is 5. The van der Waals surface area contributed by atoms with Crippen molar-refractivity contribution in [3.05, 3.63) is 114 Å². The molecule has 5 amide bonds. The van der Waals surface area contributed by atoms with Gasteiger partial charge in [-0.2, -0.15) is 5.01 Å². The Balaban J connectivity index is 1.54. The highest BCUT2D eigenvalue weighted by molar-refractivity contribution is 6.05. The van der Waals surface area contributed by atoms with Gasteiger partial charge in [-0.05, 0) is 35.4 Å². The molecule has 0 spiro atoms. The fourth-order valence-electron chi connectivity index (χ4n) is 5.24. The van der Waals surface area contributed by atoms with Crippen molar-refractivity contribution in [2.75, 3.05) is 6.61 Å². The number of hydrogen-bond donors (Lipinski definition) is 3. The van der Waals surface area contributed by atoms with Gasteiger partial charge >= 0.3 is 6.03 Å². The lowest BCUT2D eigenvalue weighted by molar-refractivity contribution is -0.147. The van der Waals surface area contributed by atoms with Gasteiger partial charge in [-0.3, -0.25) is 24.6 Å². The van der Waals surface area contributed by atoms with E-state index in [-0.39, 0.29) is 25.5 Å². The summed E-state index contributed by atoms with van der Waals surface area (Å²) < 4.78 is 0. The SMILES string of the molecule is CC(C)C[C@@H](C(=O)NN1C(=O)[C@H](CO)N(Cc2ccccc2)C1=O)[C@H](C/C=C/c1ccccc1)C(=O)NOCc1ccccc1. The van der Waals surface area contributed by atoms with Gasteiger partial charge in [0.05, 0.1) is 25.0 Å². The van der Waals surface area contributed by atoms with Crippen LogP contribution in [0, 0.1) is 17.8 Å². The molecule has 0 aliphatic carbocycles. The molecule has 3 atom stereocenters. The molecule has 4 rings (SSSR count). The summed E-state index contributed by atoms with van der Waals surface area (Å²) in [6.07, 6.45) is 4.19. The summed E-state index contributed by atoms with van der Waals surface area (Å²) in [5, 5.41) is 10.6. The number of imide groups is 1. The number of benzene rings is 3. The lowest BCUT2D eigenvalue weighted by Crippen LogP contribution is -2.51. The van der Waals surface area contributed by atoms with Crippen LogP contribution in [0.3, 0.4) is 0 Å². The van der Waals surface area contributed by atoms with Gasteiger partial charge in [0.1, 0.15) is 6.04 Å². The normalized spacial score (nSPS) is 16.3. The number of aliphatic hydroxyl groups is 1. The molecule has 3 aromatic carbocycles. The smallest absolute Gasteiger partial charge is 0.347 e. The van der Waals surface area contributed by atoms with Gasteiger partial charge in [0, 0.05) is 6.54 Å². The minimum atomic E-state index is -1.15. The molecule has 1 aliphatic rings. The lowest BCUT2D eigenvalue weighted by atomic mass is 9.82. The standard InChI is InChI=1S/C35H40N4O6/c1-25(2)21-30(32(41)36-39-34(43)31(23-40)38(35(39)44)22-27-15-8-4-9-16-27)29(20-12-19-26-13-6-3-7-14-26)33(42)37-45-24-28-17-10-5-11-18-28/h3-19,25,29-31,40H,20-24H2,1-2H3,(H,36,41)(H,37,42)/b19-12+/t29-,30+,31-/m0/s1. The number of aliphatic hydroxyl groups excluding tert-OH is 1. The van der Waals surface area contributed by atoms with Crippen LogP contribution in [0.1, 0.15) is 43.4 Å². The second kappa shape index (κ2) is 16.3. The molecule has 1 saturated heterocycles. The quantitative estimate of drug-likeness (QED) is 0.172. The van der Waals surface area contributed by atoms with Crippen molar-refractivity contribution in [1.29, 1.82) is 0 Å². The number of urea groups is 1. The van der Waals surface area contributed by atoms with Crippen LogP contribution in [-0.2, 0) is 32.4 Å². The van der Waals surface area contributed by atoms with E-state index in [4.69, 9.17) is 4.84 Å². The predicted molar refractivity (Wildman–Crippen MR) is 169 cm³/mol. The van der Waals surface area contributed by atoms with Crippen molar-refractivity contribution in [2.45, 2.75) is 45.9 Å². The zero-order valence-electron chi connectivity index (χ0n) is 25.5. The van der Waals surface area contributed by atoms with E-state index in [0.29, 0.717) is 11.4 Å². The van der Waals surface area contributed by atoms with Crippen molar-refractivity contribution in [3.8, 4) is 0 Å². The molecule has 1 heterocycles. The van der Waals surface area contributed by atoms with E-state index in [1.807, 2.05) is 105 Å². The maximum atomic E-state index is 13.9. The Hall–Kier alpha value is -4.80. The number of rotatable bonds is 15. The fourth-order valence-corrected chi connectivity index (χ4v) is 5.24. The fraction of sp³-hybridized carbons (Fsp3) is 0.314. The first kappa shape index (κ1) is 33.1. The van der Waals surface area contributed by atoms with E-state index >= 15 is 0 Å². The van der Waals surface area contributed by atoms with Crippen molar-refractivity contribution < 1.29 is 29.1 Å². The highest BCUT2D eigenvalue weighted by Crippen LogP contribution is 2.27. The second-order valence-electron chi connectivity index (χ2n) is 11.4. The molecule has 1 aliphatic heterocycles. The van der Waals surface area contributed by atoms with E-state index in [9.17, 15) is 24.3 Å². The first-order valence-electron chi connectivity index (χ1n) is 15.1. The van der Waals surface area contributed by atoms with Crippen LogP contribution in [0.4, 0.5) is 4.79 Å². The predicted octanol–water partition coefficient (Wildman–Crippen LogP) is 4.47. The van der Waals surface area contributed by atoms with E-state index in [2.05, 4.69) is 10.9 Å². The zero-order valence-corrected chi connectivity index (χ0v) is 25.5. The molecule has 0 bridgehead atoms. The van der Waals surface area contributed by atoms with E-state index in [0.717, 1.165) is 16.7 Å². The summed E-state index contributed by atoms with van der Waals surface area (Å²) in [7, 11) is 0. The zero-order chi connectivity index (χ0) is 32.2. The minimum Gasteiger partial charge on any atom is -0.394 e. The number of nitrogens with one attached hydrogen (secondary N) is 2. The van der Waals surface area contributed by atoms with Crippen molar-refractivity contribution in [3.63, 3.8) is 0 Å². The molecule has 10 nitrogen and oxygen atoms in total. The molecular formula is C35H40N4O6. The Kier molecular flexibility index (Phi) is 12.0. The highest BCUT2D eigenvalue weighted by Gasteiger charge is 2.47. The van der Waals surface area contributed by atoms with Gasteiger partial charge in [-0.25, -0.2) is 10.3 Å². The number of allylic oxidation sites excluding steroid dienone is 1. The van der Waals surface area contributed by atoms with Crippen LogP contribution in [0.15, 0.2) is 97.1 Å². The number of hydrazine groups is 1. The van der Waals surface area contributed by atoms with Crippen LogP contribution < -0.4 is 10.9 Å². The van der Waals surface area contributed by atoms with Gasteiger partial charge in [-0.15, -0.1) is 0 Å². The Labute approximate surface area is 263 Å². The van der Waals surface area contributed by atoms with Crippen molar-refractivity contribution in [2.24, 2.45) is 17.8 Å². The van der Waals surface area contributed by atoms with Crippen LogP contribution in [0.25, 0.3) is 6.08 Å². The summed E-state index contributed by atoms with van der Waals surface area (Å²) in [6, 6.07) is 26.1. The molecule has 45 heavy (non-hydrogen) atoms. The van der Waals surface area contributed by atoms with Gasteiger partial charge in [0.2, 0.25) is 11.8 Å². The number of nitrogens with zero attached hydrogens (tertiary/aromatic N) is 2. The van der Waals surface area contributed by atoms with Crippen molar-refractivity contribution >= 4 is 29.8 Å². The summed E-state index contributed by atoms with van der Waals surface area (Å²) in [5.41, 5.74) is 7.55. The Morgan fingerprint density at radius 2 is 1.47 bits per heavy atom. The second-order valence-corrected chi connectivity index (χ2v) is 11.4. The van der Waals surface area contributed by atoms with E-state index < -0.39 is 48.2 Å². The molecule has 1 fully saturated rings. The highest BCUT2D eigenvalue weighted by atomic mass is 16.6. The molecule has 3 N–H and O–H groups in total. The largest absolute Gasteiger partial charge is 0.394 e. The summed E-state index contributed by atoms with van der Waals surface area (Å²) in [4.78, 5) is 60.8. The average Bonchev–Trinajstić information content (AvgIpc) is 3.26. The maximum absolute atomic E-state index is 13.9. The number of hydrogen-bond acceptors (Lipinski definition) is 6. The number of carbonyl (C=O) groups is 4. The monoisotopic (exact) mass is 612 g/mol. The third-order valence-corrected chi connectivity index (χ3v) is 7.55. The molecule has 3 aromatic rings. The Morgan fingerprint density at radius 1 is 0.867 bits per heavy atom. The van der Waals surface area contributed by atoms with Crippen LogP contribution >= 0.6 is 0 Å². The van der Waals surface area contributed by atoms with Crippen molar-refractivity contribution in [1.82, 2.24) is 20.8 Å². The molecule has 0 radical (unpaired) electrons. The first-order valence-corrected chi connectivity index (χ1v) is 15.1. The summed E-state index contributed by atoms with van der Waals surface area (Å²) >= 11 is 0. The molecular weight excluding hydrogens is 572 g/mol. The lowest BCUT2D eigenvalue weighted by Gasteiger charge is -2.28. The minimum absolute atomic E-state index is 0.00383. The topological polar surface area (TPSA) is 128 Å². The third kappa shape index (κ3) is 9.10. The van der Waals surface area contributed by atoms with Gasteiger partial charge < -0.3 is 10.0 Å². The maximum Gasteiger partial charge on any atom is 0.347 e. The van der Waals surface area contributed by atoms with Gasteiger partial charge in [0.15, 0.2) is 0 Å². The third-order valence-electron chi connectivity index (χ3n) is 7.55. The first-order chi connectivity index (χ1) is 21.8. The summed E-state index contributed by atoms with van der Waals surface area (Å²) in [6.45, 7) is 3.46. The van der Waals surface area contributed by atoms with E-state index in [1.54, 1.807) is 12.1 Å². The molecule has 10 heteroatoms. The van der Waals surface area contributed by atoms with Gasteiger partial charge in [0.25, 0.3) is 5.91 Å². The van der Waals surface area contributed by atoms with Gasteiger partial charge in [-0.1, -0.05) is 117 Å². The molecule has 0 saturated carbocycles. The number of carbonyl (C=O) groups excluding carboxylic acids is 4.